The second-order valence-corrected chi connectivity index (χ2v) is 31.2. The third kappa shape index (κ3) is 20.5. The van der Waals surface area contributed by atoms with Gasteiger partial charge in [0.05, 0.1) is 50.2 Å². The maximum atomic E-state index is 14.2. The molecule has 0 bridgehead atoms. The SMILES string of the molecule is CCC(=O)NCC[C@H](C(=O)NO)N(OCCOCCCC(=O)CCCCC[N+]1=C(/C=C/C=C/C=C2/N(CC)c3ccc4c(S(=O)(=O)[O-])cc(S(=O)(=O)[O-])cc4c3C2(C)C)C(C)(C)c2c1ccc1c(S(=O)(=O)[O-])cc(S(=O)(=O)[O-])cc21)S(=O)(=O)c1ccc(-c2ccc(OC)cc2)cc1.[K+].[K+].[K+]. The average molecular weight is 1550 g/mol. The number of carbonyl (C=O) groups excluding carboxylic acids is 3. The number of nitrogens with one attached hydrogen (secondary N) is 2. The van der Waals surface area contributed by atoms with Gasteiger partial charge in [-0.05, 0) is 146 Å². The molecule has 0 spiro atoms. The number of carbonyl (C=O) groups is 3. The molecule has 2 aliphatic heterocycles. The van der Waals surface area contributed by atoms with Crippen LogP contribution in [0.25, 0.3) is 32.7 Å². The Morgan fingerprint density at radius 3 is 1.73 bits per heavy atom. The van der Waals surface area contributed by atoms with E-state index in [9.17, 15) is 79.9 Å². The Bertz CT molecular complexity index is 4780. The first-order valence-electron chi connectivity index (χ1n) is 30.8. The summed E-state index contributed by atoms with van der Waals surface area (Å²) in [7, 11) is -24.2. The number of benzene rings is 6. The van der Waals surface area contributed by atoms with Gasteiger partial charge in [-0.3, -0.25) is 24.4 Å². The molecule has 0 aromatic heterocycles. The molecule has 0 aliphatic carbocycles. The Balaban J connectivity index is 0.00000601. The zero-order valence-corrected chi connectivity index (χ0v) is 70.5. The van der Waals surface area contributed by atoms with E-state index in [1.54, 1.807) is 85.8 Å². The largest absolute Gasteiger partial charge is 1.00 e. The summed E-state index contributed by atoms with van der Waals surface area (Å²) in [6.45, 7) is 10.8. The number of allylic oxidation sites excluding steroid dienone is 6. The molecular weight excluding hydrogens is 1480 g/mol. The van der Waals surface area contributed by atoms with Crippen molar-refractivity contribution in [3.8, 4) is 16.9 Å². The minimum absolute atomic E-state index is 0. The first-order valence-corrected chi connectivity index (χ1v) is 37.9. The van der Waals surface area contributed by atoms with Crippen molar-refractivity contribution in [1.82, 2.24) is 15.3 Å². The Morgan fingerprint density at radius 1 is 0.630 bits per heavy atom. The topological polar surface area (TPSA) is 396 Å². The number of rotatable bonds is 32. The van der Waals surface area contributed by atoms with Crippen molar-refractivity contribution in [1.29, 1.82) is 0 Å². The molecule has 2 amide bonds. The van der Waals surface area contributed by atoms with Gasteiger partial charge in [-0.25, -0.2) is 47.6 Å². The minimum Gasteiger partial charge on any atom is -0.744 e. The summed E-state index contributed by atoms with van der Waals surface area (Å²) in [5, 5.41) is 12.2. The molecule has 522 valence electrons. The number of nitrogens with zero attached hydrogens (tertiary/aromatic N) is 3. The summed E-state index contributed by atoms with van der Waals surface area (Å²) >= 11 is 0. The van der Waals surface area contributed by atoms with Gasteiger partial charge in [-0.2, -0.15) is 4.58 Å². The molecule has 6 aromatic carbocycles. The smallest absolute Gasteiger partial charge is 0.744 e. The van der Waals surface area contributed by atoms with Gasteiger partial charge < -0.3 is 37.9 Å². The van der Waals surface area contributed by atoms with Crippen molar-refractivity contribution in [2.45, 2.75) is 134 Å². The zero-order valence-electron chi connectivity index (χ0n) is 57.1. The van der Waals surface area contributed by atoms with Crippen LogP contribution >= 0.6 is 0 Å². The molecule has 26 nitrogen and oxygen atoms in total. The summed E-state index contributed by atoms with van der Waals surface area (Å²) in [6, 6.07) is 20.5. The maximum absolute atomic E-state index is 14.2. The number of ether oxygens (including phenoxy) is 2. The summed E-state index contributed by atoms with van der Waals surface area (Å²) in [5.41, 5.74) is 4.22. The van der Waals surface area contributed by atoms with Crippen LogP contribution in [0.3, 0.4) is 0 Å². The van der Waals surface area contributed by atoms with Gasteiger partial charge in [-0.1, -0.05) is 73.8 Å². The Labute approximate surface area is 711 Å². The van der Waals surface area contributed by atoms with Gasteiger partial charge in [0.1, 0.15) is 64.6 Å². The van der Waals surface area contributed by atoms with Gasteiger partial charge in [0.25, 0.3) is 15.9 Å². The molecule has 0 unspecified atom stereocenters. The minimum atomic E-state index is -5.32. The number of sulfonamides is 1. The molecule has 6 aromatic rings. The first kappa shape index (κ1) is 87.9. The molecular formula is C66H74K3N5O21S5. The van der Waals surface area contributed by atoms with E-state index in [1.165, 1.54) is 36.9 Å². The number of anilines is 1. The summed E-state index contributed by atoms with van der Waals surface area (Å²) in [5.74, 6) is -0.926. The van der Waals surface area contributed by atoms with Crippen LogP contribution in [-0.4, -0.2) is 150 Å². The van der Waals surface area contributed by atoms with Crippen molar-refractivity contribution < 1.29 is 253 Å². The second-order valence-electron chi connectivity index (χ2n) is 24.0. The molecule has 0 fully saturated rings. The Kier molecular flexibility index (Phi) is 32.3. The summed E-state index contributed by atoms with van der Waals surface area (Å²) in [6.07, 6.45) is 10.7. The number of Topliss-reactive ketones (excluding diaryl/α,β-unsaturated/α-hetero) is 1. The first-order chi connectivity index (χ1) is 45.5. The number of hydrogen-bond acceptors (Lipinski definition) is 22. The molecule has 0 saturated heterocycles. The fraction of sp³-hybridized carbons (Fsp3) is 0.364. The maximum Gasteiger partial charge on any atom is 1.00 e. The van der Waals surface area contributed by atoms with Crippen molar-refractivity contribution in [2.75, 3.05) is 51.5 Å². The molecule has 34 heteroatoms. The zero-order chi connectivity index (χ0) is 71.2. The van der Waals surface area contributed by atoms with Gasteiger partial charge in [0.15, 0.2) is 5.71 Å². The van der Waals surface area contributed by atoms with Gasteiger partial charge in [-0.15, -0.1) is 0 Å². The van der Waals surface area contributed by atoms with E-state index >= 15 is 0 Å². The number of methoxy groups -OCH3 is 1. The van der Waals surface area contributed by atoms with E-state index in [4.69, 9.17) is 14.3 Å². The van der Waals surface area contributed by atoms with Gasteiger partial charge >= 0.3 is 154 Å². The van der Waals surface area contributed by atoms with Crippen LogP contribution in [0.4, 0.5) is 11.4 Å². The van der Waals surface area contributed by atoms with Crippen molar-refractivity contribution in [3.63, 3.8) is 0 Å². The standard InChI is InChI=1S/C66H77N5O21S5.3K/c1-8-61(73)67-34-33-56(64(74)68-75)71(93(76,77)47-27-23-44(24-28-47)43-21-25-46(90-7)26-22-43)92-38-37-91-36-16-18-45(72)17-12-11-15-35-70-55-32-30-51-53(40-49(95(81,82)83)42-58(51)97(87,88)89)63(55)66(5,6)60(70)20-14-10-13-19-59-65(3,4)62-52-39-48(94(78,79)80)41-57(96(84,85)86)50(52)29-31-54(62)69(59)9-2;;;/h10,13-14,19-32,39-42,56H,8-9,11-12,15-18,33-38H2,1-7H3,(H6-,67,68,73,74,75,78,79,80,81,82,83,84,85,86,87,88,89);;;/q;3*+1/p-3/t56-;;;/m1.../s1. The molecule has 0 saturated carbocycles. The summed E-state index contributed by atoms with van der Waals surface area (Å²) < 4.78 is 191. The van der Waals surface area contributed by atoms with E-state index in [0.29, 0.717) is 101 Å². The van der Waals surface area contributed by atoms with E-state index < -0.39 is 92.9 Å². The Morgan fingerprint density at radius 2 is 1.19 bits per heavy atom. The normalized spacial score (nSPS) is 15.2. The Hall–Kier alpha value is -2.72. The predicted molar refractivity (Wildman–Crippen MR) is 354 cm³/mol. The molecule has 0 radical (unpaired) electrons. The van der Waals surface area contributed by atoms with E-state index in [0.717, 1.165) is 17.7 Å². The molecule has 2 heterocycles. The fourth-order valence-corrected chi connectivity index (χ4v) is 16.5. The number of hydrogen-bond donors (Lipinski definition) is 3. The van der Waals surface area contributed by atoms with Gasteiger partial charge in [0, 0.05) is 85.3 Å². The van der Waals surface area contributed by atoms with E-state index in [-0.39, 0.29) is 244 Å². The van der Waals surface area contributed by atoms with Crippen LogP contribution in [-0.2, 0) is 85.3 Å². The van der Waals surface area contributed by atoms with Crippen LogP contribution in [0.15, 0.2) is 158 Å². The number of hydroxylamine groups is 2. The molecule has 1 atom stereocenters. The third-order valence-corrected chi connectivity index (χ3v) is 22.1. The van der Waals surface area contributed by atoms with E-state index in [2.05, 4.69) is 5.32 Å². The number of fused-ring (bicyclic) bond motifs is 6. The monoisotopic (exact) mass is 1550 g/mol. The van der Waals surface area contributed by atoms with Crippen LogP contribution in [0.2, 0.25) is 0 Å². The van der Waals surface area contributed by atoms with Gasteiger partial charge in [0.2, 0.25) is 11.6 Å². The quantitative estimate of drug-likeness (QED) is 0.00851. The van der Waals surface area contributed by atoms with Crippen LogP contribution in [0.5, 0.6) is 5.75 Å². The molecule has 100 heavy (non-hydrogen) atoms. The van der Waals surface area contributed by atoms with Crippen LogP contribution < -0.4 is 175 Å². The summed E-state index contributed by atoms with van der Waals surface area (Å²) in [4.78, 5) is 42.2. The number of amides is 2. The molecule has 2 aliphatic rings. The van der Waals surface area contributed by atoms with Crippen LogP contribution in [0, 0.1) is 0 Å². The fourth-order valence-electron chi connectivity index (χ4n) is 12.4. The van der Waals surface area contributed by atoms with Crippen molar-refractivity contribution in [3.05, 3.63) is 144 Å². The second kappa shape index (κ2) is 36.7. The predicted octanol–water partition coefficient (Wildman–Crippen LogP) is -1.17. The van der Waals surface area contributed by atoms with Crippen molar-refractivity contribution in [2.24, 2.45) is 0 Å². The van der Waals surface area contributed by atoms with Crippen LogP contribution in [0.1, 0.15) is 104 Å². The third-order valence-electron chi connectivity index (χ3n) is 17.0. The molecule has 8 rings (SSSR count). The average Bonchev–Trinajstić information content (AvgIpc) is 1.54. The number of ketones is 1. The van der Waals surface area contributed by atoms with E-state index in [1.807, 2.05) is 44.1 Å². The molecule has 3 N–H and O–H groups in total. The number of likely N-dealkylation sites (N-methyl/N-ethyl adjacent to an activating group) is 1. The van der Waals surface area contributed by atoms with Crippen molar-refractivity contribution >= 4 is 107 Å². The number of unbranched alkanes of at least 4 members (excludes halogenated alkanes) is 2.